The molecule has 1 N–H and O–H groups in total. The van der Waals surface area contributed by atoms with Gasteiger partial charge in [-0.15, -0.1) is 0 Å². The Morgan fingerprint density at radius 3 is 2.82 bits per heavy atom. The summed E-state index contributed by atoms with van der Waals surface area (Å²) in [5.41, 5.74) is 0.394. The average Bonchev–Trinajstić information content (AvgIpc) is 2.49. The van der Waals surface area contributed by atoms with E-state index in [0.717, 1.165) is 0 Å². The lowest BCUT2D eigenvalue weighted by Gasteiger charge is -2.08. The van der Waals surface area contributed by atoms with Crippen LogP contribution in [0.3, 0.4) is 0 Å². The van der Waals surface area contributed by atoms with Crippen LogP contribution in [0.1, 0.15) is 19.0 Å². The third kappa shape index (κ3) is 3.75. The molecule has 0 aliphatic rings. The van der Waals surface area contributed by atoms with Gasteiger partial charge in [-0.25, -0.2) is 4.98 Å². The number of nitrogens with one attached hydrogen (secondary N) is 1. The fraction of sp³-hybridized carbons (Fsp3) is 0.214. The number of hydrogen-bond donors (Lipinski definition) is 1. The lowest BCUT2D eigenvalue weighted by atomic mass is 10.3. The van der Waals surface area contributed by atoms with Crippen molar-refractivity contribution in [1.29, 1.82) is 0 Å². The first-order valence-corrected chi connectivity index (χ1v) is 6.55. The van der Waals surface area contributed by atoms with Gasteiger partial charge < -0.3 is 20.2 Å². The second-order valence-electron chi connectivity index (χ2n) is 4.39. The fourth-order valence-electron chi connectivity index (χ4n) is 1.65. The molecule has 0 unspecified atom stereocenters. The maximum atomic E-state index is 11.3. The molecule has 0 aromatic carbocycles. The zero-order valence-electron chi connectivity index (χ0n) is 12.1. The van der Waals surface area contributed by atoms with Gasteiger partial charge in [0.05, 0.1) is 0 Å². The van der Waals surface area contributed by atoms with E-state index >= 15 is 0 Å². The van der Waals surface area contributed by atoms with Gasteiger partial charge in [0.25, 0.3) is 0 Å². The van der Waals surface area contributed by atoms with E-state index in [1.165, 1.54) is 18.3 Å². The number of aryl methyl sites for hydroxylation is 1. The number of hydrogen-bond acceptors (Lipinski definition) is 6. The number of ether oxygens (including phenoxy) is 1. The molecule has 0 saturated carbocycles. The van der Waals surface area contributed by atoms with E-state index in [1.807, 2.05) is 0 Å². The molecule has 22 heavy (non-hydrogen) atoms. The molecule has 0 bridgehead atoms. The van der Waals surface area contributed by atoms with Crippen LogP contribution in [-0.2, 0) is 4.79 Å². The Labute approximate surface area is 126 Å². The molecule has 0 fully saturated rings. The molecule has 0 atom stereocenters. The van der Waals surface area contributed by atoms with E-state index < -0.39 is 4.92 Å². The van der Waals surface area contributed by atoms with Gasteiger partial charge in [0.2, 0.25) is 5.91 Å². The van der Waals surface area contributed by atoms with Gasteiger partial charge in [-0.3, -0.25) is 4.79 Å². The second-order valence-corrected chi connectivity index (χ2v) is 4.39. The van der Waals surface area contributed by atoms with Crippen LogP contribution >= 0.6 is 0 Å². The van der Waals surface area contributed by atoms with Crippen molar-refractivity contribution >= 4 is 17.5 Å². The predicted octanol–water partition coefficient (Wildman–Crippen LogP) is 2.83. The van der Waals surface area contributed by atoms with E-state index in [1.54, 1.807) is 26.0 Å². The number of carbonyl (C=O) groups is 1. The number of rotatable bonds is 5. The van der Waals surface area contributed by atoms with Gasteiger partial charge in [-0.1, -0.05) is 6.92 Å². The van der Waals surface area contributed by atoms with E-state index in [-0.39, 0.29) is 11.7 Å². The molecule has 1 amide bonds. The van der Waals surface area contributed by atoms with Crippen molar-refractivity contribution in [2.24, 2.45) is 0 Å². The van der Waals surface area contributed by atoms with E-state index in [4.69, 9.17) is 4.74 Å². The van der Waals surface area contributed by atoms with E-state index in [0.29, 0.717) is 29.4 Å². The highest BCUT2D eigenvalue weighted by Gasteiger charge is 2.13. The van der Waals surface area contributed by atoms with Crippen LogP contribution in [0.2, 0.25) is 0 Å². The third-order valence-corrected chi connectivity index (χ3v) is 2.76. The quantitative estimate of drug-likeness (QED) is 0.672. The van der Waals surface area contributed by atoms with Crippen molar-refractivity contribution in [2.75, 3.05) is 5.32 Å². The van der Waals surface area contributed by atoms with Crippen molar-refractivity contribution < 1.29 is 14.5 Å². The summed E-state index contributed by atoms with van der Waals surface area (Å²) in [6, 6.07) is 5.92. The van der Waals surface area contributed by atoms with Gasteiger partial charge in [0.1, 0.15) is 11.6 Å². The molecule has 8 nitrogen and oxygen atoms in total. The number of aromatic nitrogens is 2. The maximum absolute atomic E-state index is 11.3. The Bertz CT molecular complexity index is 718. The van der Waals surface area contributed by atoms with Crippen LogP contribution in [0.15, 0.2) is 30.5 Å². The number of carbonyl (C=O) groups excluding carboxylic acids is 1. The Morgan fingerprint density at radius 1 is 1.41 bits per heavy atom. The Hall–Kier alpha value is -3.03. The van der Waals surface area contributed by atoms with Crippen LogP contribution in [0, 0.1) is 17.0 Å². The molecule has 2 rings (SSSR count). The molecule has 8 heteroatoms. The molecule has 2 aromatic rings. The summed E-state index contributed by atoms with van der Waals surface area (Å²) in [6.45, 7) is 3.35. The molecule has 0 spiro atoms. The van der Waals surface area contributed by atoms with Crippen LogP contribution in [0.5, 0.6) is 11.5 Å². The molecule has 0 aliphatic heterocycles. The fourth-order valence-corrected chi connectivity index (χ4v) is 1.65. The maximum Gasteiger partial charge on any atom is 0.363 e. The summed E-state index contributed by atoms with van der Waals surface area (Å²) in [5.74, 6) is 0.815. The van der Waals surface area contributed by atoms with Gasteiger partial charge in [0, 0.05) is 31.7 Å². The highest BCUT2D eigenvalue weighted by atomic mass is 16.6. The van der Waals surface area contributed by atoms with Crippen LogP contribution in [0.4, 0.5) is 11.6 Å². The number of anilines is 1. The Balaban J connectivity index is 2.18. The second kappa shape index (κ2) is 6.61. The van der Waals surface area contributed by atoms with E-state index in [2.05, 4.69) is 15.3 Å². The molecule has 0 radical (unpaired) electrons. The molecule has 0 saturated heterocycles. The summed E-state index contributed by atoms with van der Waals surface area (Å²) < 4.78 is 5.62. The topological polar surface area (TPSA) is 107 Å². The summed E-state index contributed by atoms with van der Waals surface area (Å²) in [7, 11) is 0. The molecular formula is C14H14N4O4. The van der Waals surface area contributed by atoms with Crippen molar-refractivity contribution in [2.45, 2.75) is 20.3 Å². The number of nitrogens with zero attached hydrogens (tertiary/aromatic N) is 3. The molecule has 114 valence electrons. The summed E-state index contributed by atoms with van der Waals surface area (Å²) in [5, 5.41) is 13.3. The van der Waals surface area contributed by atoms with E-state index in [9.17, 15) is 14.9 Å². The van der Waals surface area contributed by atoms with Crippen molar-refractivity contribution in [3.8, 4) is 11.5 Å². The van der Waals surface area contributed by atoms with Gasteiger partial charge in [0.15, 0.2) is 11.4 Å². The first kappa shape index (κ1) is 15.4. The zero-order chi connectivity index (χ0) is 16.1. The highest BCUT2D eigenvalue weighted by molar-refractivity contribution is 5.89. The largest absolute Gasteiger partial charge is 0.453 e. The number of nitro groups is 1. The first-order chi connectivity index (χ1) is 10.5. The minimum Gasteiger partial charge on any atom is -0.453 e. The van der Waals surface area contributed by atoms with Crippen LogP contribution in [0.25, 0.3) is 0 Å². The monoisotopic (exact) mass is 302 g/mol. The normalized spacial score (nSPS) is 10.1. The molecule has 2 heterocycles. The lowest BCUT2D eigenvalue weighted by Crippen LogP contribution is -2.10. The predicted molar refractivity (Wildman–Crippen MR) is 78.9 cm³/mol. The van der Waals surface area contributed by atoms with Gasteiger partial charge in [-0.05, 0) is 22.0 Å². The van der Waals surface area contributed by atoms with Crippen LogP contribution < -0.4 is 10.1 Å². The summed E-state index contributed by atoms with van der Waals surface area (Å²) >= 11 is 0. The molecule has 2 aromatic heterocycles. The average molecular weight is 302 g/mol. The highest BCUT2D eigenvalue weighted by Crippen LogP contribution is 2.26. The summed E-state index contributed by atoms with van der Waals surface area (Å²) in [6.07, 6.45) is 1.84. The summed E-state index contributed by atoms with van der Waals surface area (Å²) in [4.78, 5) is 29.3. The van der Waals surface area contributed by atoms with Gasteiger partial charge in [-0.2, -0.15) is 0 Å². The Morgan fingerprint density at radius 2 is 2.18 bits per heavy atom. The Kier molecular flexibility index (Phi) is 4.62. The number of amides is 1. The molecule has 0 aliphatic carbocycles. The van der Waals surface area contributed by atoms with Crippen molar-refractivity contribution in [3.05, 3.63) is 46.3 Å². The van der Waals surface area contributed by atoms with Crippen molar-refractivity contribution in [3.63, 3.8) is 0 Å². The minimum atomic E-state index is -0.568. The molecular weight excluding hydrogens is 288 g/mol. The SMILES string of the molecule is CCC(=O)Nc1cc(Oc2ccc([N+](=O)[O-])nc2C)ccn1. The van der Waals surface area contributed by atoms with Gasteiger partial charge >= 0.3 is 5.82 Å². The van der Waals surface area contributed by atoms with Crippen LogP contribution in [-0.4, -0.2) is 20.8 Å². The lowest BCUT2D eigenvalue weighted by molar-refractivity contribution is -0.389. The minimum absolute atomic E-state index is 0.155. The number of pyridine rings is 2. The smallest absolute Gasteiger partial charge is 0.363 e. The third-order valence-electron chi connectivity index (χ3n) is 2.76. The van der Waals surface area contributed by atoms with Crippen molar-refractivity contribution in [1.82, 2.24) is 9.97 Å². The standard InChI is InChI=1S/C14H14N4O4/c1-3-14(19)17-12-8-10(6-7-15-12)22-11-4-5-13(18(20)21)16-9(11)2/h4-8H,3H2,1-2H3,(H,15,17,19). The first-order valence-electron chi connectivity index (χ1n) is 6.55. The zero-order valence-corrected chi connectivity index (χ0v) is 12.1.